The molecule has 0 aliphatic rings. The summed E-state index contributed by atoms with van der Waals surface area (Å²) in [7, 11) is 0. The average molecular weight is 534 g/mol. The van der Waals surface area contributed by atoms with Crippen LogP contribution in [0.15, 0.2) is 101 Å². The number of rotatable bonds is 6. The van der Waals surface area contributed by atoms with E-state index >= 15 is 0 Å². The van der Waals surface area contributed by atoms with Gasteiger partial charge in [-0.3, -0.25) is 14.2 Å². The van der Waals surface area contributed by atoms with Gasteiger partial charge in [0.1, 0.15) is 0 Å². The van der Waals surface area contributed by atoms with Gasteiger partial charge in [0.25, 0.3) is 5.56 Å². The lowest BCUT2D eigenvalue weighted by molar-refractivity contribution is -0.137. The predicted molar refractivity (Wildman–Crippen MR) is 145 cm³/mol. The lowest BCUT2D eigenvalue weighted by Crippen LogP contribution is -2.32. The number of halogens is 3. The van der Waals surface area contributed by atoms with Gasteiger partial charge < -0.3 is 4.90 Å². The quantitative estimate of drug-likeness (QED) is 0.180. The number of anilines is 1. The summed E-state index contributed by atoms with van der Waals surface area (Å²) in [5.74, 6) is -0.285. The van der Waals surface area contributed by atoms with Crippen molar-refractivity contribution in [2.24, 2.45) is 0 Å². The highest BCUT2D eigenvalue weighted by Gasteiger charge is 2.31. The first kappa shape index (κ1) is 25.5. The van der Waals surface area contributed by atoms with E-state index in [-0.39, 0.29) is 27.9 Å². The Morgan fingerprint density at radius 2 is 1.61 bits per heavy atom. The number of hydrogen-bond donors (Lipinski definition) is 0. The smallest absolute Gasteiger partial charge is 0.311 e. The molecule has 1 heterocycles. The summed E-state index contributed by atoms with van der Waals surface area (Å²) in [5.41, 5.74) is -0.198. The first-order valence-corrected chi connectivity index (χ1v) is 12.9. The third-order valence-corrected chi connectivity index (χ3v) is 7.10. The van der Waals surface area contributed by atoms with Crippen molar-refractivity contribution >= 4 is 45.0 Å². The largest absolute Gasteiger partial charge is 0.416 e. The van der Waals surface area contributed by atoms with Gasteiger partial charge in [-0.15, -0.1) is 0 Å². The highest BCUT2D eigenvalue weighted by molar-refractivity contribution is 7.99. The number of alkyl halides is 3. The molecule has 0 saturated heterocycles. The van der Waals surface area contributed by atoms with Gasteiger partial charge in [-0.05, 0) is 48.7 Å². The molecule has 0 aliphatic heterocycles. The van der Waals surface area contributed by atoms with E-state index in [9.17, 15) is 22.8 Å². The van der Waals surface area contributed by atoms with Gasteiger partial charge >= 0.3 is 6.18 Å². The Kier molecular flexibility index (Phi) is 6.94. The second-order valence-electron chi connectivity index (χ2n) is 8.53. The number of benzene rings is 4. The van der Waals surface area contributed by atoms with Crippen LogP contribution in [0.1, 0.15) is 12.5 Å². The van der Waals surface area contributed by atoms with E-state index in [2.05, 4.69) is 4.98 Å². The molecule has 1 aromatic heterocycles. The number of carbonyl (C=O) groups excluding carboxylic acids is 1. The predicted octanol–water partition coefficient (Wildman–Crippen LogP) is 6.70. The maximum absolute atomic E-state index is 13.4. The normalized spacial score (nSPS) is 11.7. The molecule has 192 valence electrons. The van der Waals surface area contributed by atoms with Crippen LogP contribution in [0.5, 0.6) is 0 Å². The standard InChI is InChI=1S/C29H22F3N3O2S/c1-2-34(25-16-7-10-19-9-3-4-13-22(19)25)26(36)18-38-28-33-24-15-6-5-14-23(24)27(37)35(28)21-12-8-11-20(17-21)29(30,31)32/h3-17H,2,18H2,1H3. The van der Waals surface area contributed by atoms with Crippen LogP contribution in [-0.4, -0.2) is 27.8 Å². The van der Waals surface area contributed by atoms with Gasteiger partial charge in [0.2, 0.25) is 5.91 Å². The van der Waals surface area contributed by atoms with E-state index in [1.54, 1.807) is 29.2 Å². The fourth-order valence-corrected chi connectivity index (χ4v) is 5.28. The zero-order valence-corrected chi connectivity index (χ0v) is 21.1. The second kappa shape index (κ2) is 10.3. The SMILES string of the molecule is CCN(C(=O)CSc1nc2ccccc2c(=O)n1-c1cccc(C(F)(F)F)c1)c1cccc2ccccc12. The minimum absolute atomic E-state index is 0.0272. The molecule has 9 heteroatoms. The number of para-hydroxylation sites is 1. The number of nitrogens with zero attached hydrogens (tertiary/aromatic N) is 3. The van der Waals surface area contributed by atoms with Crippen molar-refractivity contribution in [3.63, 3.8) is 0 Å². The Hall–Kier alpha value is -4.11. The van der Waals surface area contributed by atoms with Crippen LogP contribution >= 0.6 is 11.8 Å². The molecular weight excluding hydrogens is 511 g/mol. The van der Waals surface area contributed by atoms with E-state index in [0.717, 1.165) is 44.9 Å². The van der Waals surface area contributed by atoms with Gasteiger partial charge in [-0.25, -0.2) is 4.98 Å². The zero-order valence-electron chi connectivity index (χ0n) is 20.3. The summed E-state index contributed by atoms with van der Waals surface area (Å²) >= 11 is 1.02. The molecule has 0 spiro atoms. The van der Waals surface area contributed by atoms with Gasteiger partial charge in [0, 0.05) is 11.9 Å². The van der Waals surface area contributed by atoms with Gasteiger partial charge in [0.15, 0.2) is 5.16 Å². The number of amides is 1. The molecule has 1 amide bonds. The van der Waals surface area contributed by atoms with Crippen molar-refractivity contribution in [1.29, 1.82) is 0 Å². The summed E-state index contributed by atoms with van der Waals surface area (Å²) in [6.07, 6.45) is -4.58. The van der Waals surface area contributed by atoms with E-state index in [4.69, 9.17) is 0 Å². The maximum atomic E-state index is 13.4. The maximum Gasteiger partial charge on any atom is 0.416 e. The van der Waals surface area contributed by atoms with Crippen LogP contribution in [-0.2, 0) is 11.0 Å². The Bertz CT molecular complexity index is 1710. The molecule has 5 aromatic rings. The van der Waals surface area contributed by atoms with Gasteiger partial charge in [-0.1, -0.05) is 66.4 Å². The number of fused-ring (bicyclic) bond motifs is 2. The minimum Gasteiger partial charge on any atom is -0.311 e. The minimum atomic E-state index is -4.58. The summed E-state index contributed by atoms with van der Waals surface area (Å²) in [4.78, 5) is 33.1. The van der Waals surface area contributed by atoms with E-state index < -0.39 is 17.3 Å². The summed E-state index contributed by atoms with van der Waals surface area (Å²) in [6, 6.07) is 24.7. The molecule has 38 heavy (non-hydrogen) atoms. The number of carbonyl (C=O) groups is 1. The van der Waals surface area contributed by atoms with Gasteiger partial charge in [-0.2, -0.15) is 13.2 Å². The molecule has 5 rings (SSSR count). The van der Waals surface area contributed by atoms with Crippen molar-refractivity contribution < 1.29 is 18.0 Å². The molecular formula is C29H22F3N3O2S. The number of aromatic nitrogens is 2. The molecule has 4 aromatic carbocycles. The van der Waals surface area contributed by atoms with E-state index in [1.165, 1.54) is 12.1 Å². The molecule has 0 saturated carbocycles. The van der Waals surface area contributed by atoms with Crippen molar-refractivity contribution in [2.45, 2.75) is 18.3 Å². The first-order chi connectivity index (χ1) is 18.3. The molecule has 5 nitrogen and oxygen atoms in total. The Labute approximate surface area is 220 Å². The molecule has 0 aliphatic carbocycles. The monoisotopic (exact) mass is 533 g/mol. The fourth-order valence-electron chi connectivity index (χ4n) is 4.39. The Morgan fingerprint density at radius 1 is 0.921 bits per heavy atom. The van der Waals surface area contributed by atoms with Gasteiger partial charge in [0.05, 0.1) is 33.6 Å². The lowest BCUT2D eigenvalue weighted by Gasteiger charge is -2.23. The number of thioether (sulfide) groups is 1. The average Bonchev–Trinajstić information content (AvgIpc) is 2.92. The van der Waals surface area contributed by atoms with E-state index in [0.29, 0.717) is 12.1 Å². The third kappa shape index (κ3) is 4.89. The summed E-state index contributed by atoms with van der Waals surface area (Å²) in [6.45, 7) is 2.29. The molecule has 0 radical (unpaired) electrons. The summed E-state index contributed by atoms with van der Waals surface area (Å²) < 4.78 is 41.4. The van der Waals surface area contributed by atoms with Crippen LogP contribution < -0.4 is 10.5 Å². The fraction of sp³-hybridized carbons (Fsp3) is 0.138. The topological polar surface area (TPSA) is 55.2 Å². The van der Waals surface area contributed by atoms with Crippen LogP contribution in [0.25, 0.3) is 27.4 Å². The van der Waals surface area contributed by atoms with Crippen LogP contribution in [0.4, 0.5) is 18.9 Å². The van der Waals surface area contributed by atoms with Crippen molar-refractivity contribution in [2.75, 3.05) is 17.2 Å². The summed E-state index contributed by atoms with van der Waals surface area (Å²) in [5, 5.41) is 2.33. The van der Waals surface area contributed by atoms with Crippen LogP contribution in [0.2, 0.25) is 0 Å². The Morgan fingerprint density at radius 3 is 2.37 bits per heavy atom. The third-order valence-electron chi connectivity index (χ3n) is 6.18. The zero-order chi connectivity index (χ0) is 26.9. The van der Waals surface area contributed by atoms with Crippen molar-refractivity contribution in [3.05, 3.63) is 107 Å². The van der Waals surface area contributed by atoms with Crippen LogP contribution in [0, 0.1) is 0 Å². The first-order valence-electron chi connectivity index (χ1n) is 11.9. The van der Waals surface area contributed by atoms with Crippen molar-refractivity contribution in [3.8, 4) is 5.69 Å². The van der Waals surface area contributed by atoms with E-state index in [1.807, 2.05) is 49.4 Å². The second-order valence-corrected chi connectivity index (χ2v) is 9.47. The molecule has 0 fully saturated rings. The highest BCUT2D eigenvalue weighted by atomic mass is 32.2. The molecule has 0 unspecified atom stereocenters. The number of hydrogen-bond acceptors (Lipinski definition) is 4. The lowest BCUT2D eigenvalue weighted by atomic mass is 10.1. The Balaban J connectivity index is 1.54. The van der Waals surface area contributed by atoms with Crippen molar-refractivity contribution in [1.82, 2.24) is 9.55 Å². The van der Waals surface area contributed by atoms with Crippen LogP contribution in [0.3, 0.4) is 0 Å². The molecule has 0 bridgehead atoms. The highest BCUT2D eigenvalue weighted by Crippen LogP contribution is 2.32. The molecule has 0 atom stereocenters. The molecule has 0 N–H and O–H groups in total.